The van der Waals surface area contributed by atoms with Gasteiger partial charge in [-0.1, -0.05) is 13.8 Å². The summed E-state index contributed by atoms with van der Waals surface area (Å²) >= 11 is 0. The van der Waals surface area contributed by atoms with E-state index in [1.165, 1.54) is 0 Å². The molecule has 1 rings (SSSR count). The number of rotatable bonds is 6. The molecule has 0 saturated heterocycles. The van der Waals surface area contributed by atoms with Crippen molar-refractivity contribution in [2.45, 2.75) is 20.0 Å². The SMILES string of the molecule is CC(C)C(O)CNc1cc(C(=O)O)c([N+](=O)[O-])cn1. The number of anilines is 1. The van der Waals surface area contributed by atoms with Gasteiger partial charge in [-0.3, -0.25) is 10.1 Å². The molecule has 3 N–H and O–H groups in total. The molecule has 0 amide bonds. The van der Waals surface area contributed by atoms with Crippen LogP contribution < -0.4 is 5.32 Å². The molecule has 1 aromatic heterocycles. The van der Waals surface area contributed by atoms with Crippen LogP contribution in [0.5, 0.6) is 0 Å². The van der Waals surface area contributed by atoms with Gasteiger partial charge in [-0.05, 0) is 5.92 Å². The fraction of sp³-hybridized carbons (Fsp3) is 0.455. The number of nitrogens with one attached hydrogen (secondary N) is 1. The van der Waals surface area contributed by atoms with Crippen LogP contribution in [0.3, 0.4) is 0 Å². The summed E-state index contributed by atoms with van der Waals surface area (Å²) in [6, 6.07) is 1.08. The molecular weight excluding hydrogens is 254 g/mol. The largest absolute Gasteiger partial charge is 0.477 e. The summed E-state index contributed by atoms with van der Waals surface area (Å²) in [5.41, 5.74) is -1.01. The lowest BCUT2D eigenvalue weighted by Gasteiger charge is -2.15. The highest BCUT2D eigenvalue weighted by Crippen LogP contribution is 2.20. The van der Waals surface area contributed by atoms with Crippen LogP contribution in [-0.4, -0.2) is 38.7 Å². The Kier molecular flexibility index (Phi) is 4.76. The van der Waals surface area contributed by atoms with Crippen LogP contribution in [0.2, 0.25) is 0 Å². The Labute approximate surface area is 109 Å². The van der Waals surface area contributed by atoms with E-state index in [0.717, 1.165) is 12.3 Å². The number of aromatic carboxylic acids is 1. The maximum Gasteiger partial charge on any atom is 0.342 e. The number of carboxylic acid groups (broad SMARTS) is 1. The number of hydrogen-bond acceptors (Lipinski definition) is 6. The van der Waals surface area contributed by atoms with Crippen molar-refractivity contribution in [3.05, 3.63) is 27.9 Å². The molecule has 1 aromatic rings. The Morgan fingerprint density at radius 2 is 2.21 bits per heavy atom. The summed E-state index contributed by atoms with van der Waals surface area (Å²) in [6.07, 6.45) is 0.262. The first-order chi connectivity index (χ1) is 8.82. The lowest BCUT2D eigenvalue weighted by Crippen LogP contribution is -2.25. The van der Waals surface area contributed by atoms with E-state index in [-0.39, 0.29) is 18.3 Å². The molecule has 1 atom stereocenters. The number of hydrogen-bond donors (Lipinski definition) is 3. The van der Waals surface area contributed by atoms with Crippen LogP contribution >= 0.6 is 0 Å². The Morgan fingerprint density at radius 3 is 2.68 bits per heavy atom. The van der Waals surface area contributed by atoms with Crippen LogP contribution in [0.25, 0.3) is 0 Å². The van der Waals surface area contributed by atoms with Gasteiger partial charge >= 0.3 is 11.7 Å². The molecular formula is C11H15N3O5. The van der Waals surface area contributed by atoms with E-state index in [9.17, 15) is 20.0 Å². The quantitative estimate of drug-likeness (QED) is 0.521. The molecule has 1 heterocycles. The molecule has 0 fully saturated rings. The number of nitrogens with zero attached hydrogens (tertiary/aromatic N) is 2. The number of carboxylic acids is 1. The Morgan fingerprint density at radius 1 is 1.58 bits per heavy atom. The van der Waals surface area contributed by atoms with E-state index >= 15 is 0 Å². The molecule has 0 bridgehead atoms. The summed E-state index contributed by atoms with van der Waals surface area (Å²) in [5, 5.41) is 31.9. The zero-order valence-corrected chi connectivity index (χ0v) is 10.5. The molecule has 0 spiro atoms. The standard InChI is InChI=1S/C11H15N3O5/c1-6(2)9(15)5-13-10-3-7(11(16)17)8(4-12-10)14(18)19/h3-4,6,9,15H,5H2,1-2H3,(H,12,13)(H,16,17). The van der Waals surface area contributed by atoms with Crippen LogP contribution in [0.15, 0.2) is 12.3 Å². The van der Waals surface area contributed by atoms with Crippen LogP contribution in [-0.2, 0) is 0 Å². The summed E-state index contributed by atoms with van der Waals surface area (Å²) in [6.45, 7) is 3.85. The first-order valence-corrected chi connectivity index (χ1v) is 5.62. The van der Waals surface area contributed by atoms with Gasteiger partial charge in [-0.25, -0.2) is 9.78 Å². The first kappa shape index (κ1) is 14.8. The first-order valence-electron chi connectivity index (χ1n) is 5.62. The van der Waals surface area contributed by atoms with Crippen molar-refractivity contribution < 1.29 is 19.9 Å². The highest BCUT2D eigenvalue weighted by atomic mass is 16.6. The minimum absolute atomic E-state index is 0.0319. The Balaban J connectivity index is 2.90. The minimum atomic E-state index is -1.40. The third kappa shape index (κ3) is 3.88. The molecule has 8 heteroatoms. The fourth-order valence-corrected chi connectivity index (χ4v) is 1.31. The highest BCUT2D eigenvalue weighted by molar-refractivity contribution is 5.93. The van der Waals surface area contributed by atoms with Gasteiger partial charge < -0.3 is 15.5 Å². The Bertz CT molecular complexity index is 489. The monoisotopic (exact) mass is 269 g/mol. The Hall–Kier alpha value is -2.22. The van der Waals surface area contributed by atoms with Crippen LogP contribution in [0.1, 0.15) is 24.2 Å². The molecule has 1 unspecified atom stereocenters. The van der Waals surface area contributed by atoms with E-state index in [1.54, 1.807) is 0 Å². The summed E-state index contributed by atoms with van der Waals surface area (Å²) in [5.74, 6) is -1.20. The zero-order chi connectivity index (χ0) is 14.6. The van der Waals surface area contributed by atoms with Gasteiger partial charge in [0.25, 0.3) is 0 Å². The van der Waals surface area contributed by atoms with Crippen molar-refractivity contribution in [1.82, 2.24) is 4.98 Å². The lowest BCUT2D eigenvalue weighted by molar-refractivity contribution is -0.385. The number of carbonyl (C=O) groups is 1. The normalized spacial score (nSPS) is 12.2. The highest BCUT2D eigenvalue weighted by Gasteiger charge is 2.21. The molecule has 8 nitrogen and oxygen atoms in total. The van der Waals surface area contributed by atoms with Gasteiger partial charge in [0, 0.05) is 12.6 Å². The molecule has 0 radical (unpaired) electrons. The minimum Gasteiger partial charge on any atom is -0.477 e. The number of aromatic nitrogens is 1. The van der Waals surface area contributed by atoms with Gasteiger partial charge in [-0.2, -0.15) is 0 Å². The number of aliphatic hydroxyl groups is 1. The van der Waals surface area contributed by atoms with E-state index in [4.69, 9.17) is 5.11 Å². The van der Waals surface area contributed by atoms with Crippen molar-refractivity contribution in [2.24, 2.45) is 5.92 Å². The third-order valence-electron chi connectivity index (χ3n) is 2.57. The maximum atomic E-state index is 10.9. The molecule has 104 valence electrons. The predicted molar refractivity (Wildman–Crippen MR) is 67.2 cm³/mol. The maximum absolute atomic E-state index is 10.9. The predicted octanol–water partition coefficient (Wildman–Crippen LogP) is 1.12. The van der Waals surface area contributed by atoms with Crippen molar-refractivity contribution in [2.75, 3.05) is 11.9 Å². The fourth-order valence-electron chi connectivity index (χ4n) is 1.31. The van der Waals surface area contributed by atoms with Crippen LogP contribution in [0, 0.1) is 16.0 Å². The number of nitro groups is 1. The molecule has 0 aliphatic rings. The van der Waals surface area contributed by atoms with Gasteiger partial charge in [0.15, 0.2) is 0 Å². The van der Waals surface area contributed by atoms with E-state index < -0.39 is 28.2 Å². The summed E-state index contributed by atoms with van der Waals surface area (Å²) < 4.78 is 0. The molecule has 0 aromatic carbocycles. The topological polar surface area (TPSA) is 126 Å². The molecule has 0 aliphatic carbocycles. The van der Waals surface area contributed by atoms with Crippen LogP contribution in [0.4, 0.5) is 11.5 Å². The average Bonchev–Trinajstić information content (AvgIpc) is 2.35. The summed E-state index contributed by atoms with van der Waals surface area (Å²) in [4.78, 5) is 24.5. The van der Waals surface area contributed by atoms with Gasteiger partial charge in [-0.15, -0.1) is 0 Å². The average molecular weight is 269 g/mol. The smallest absolute Gasteiger partial charge is 0.342 e. The lowest BCUT2D eigenvalue weighted by atomic mass is 10.1. The second-order valence-electron chi connectivity index (χ2n) is 4.34. The number of pyridine rings is 1. The molecule has 19 heavy (non-hydrogen) atoms. The van der Waals surface area contributed by atoms with E-state index in [2.05, 4.69) is 10.3 Å². The molecule has 0 saturated carbocycles. The third-order valence-corrected chi connectivity index (χ3v) is 2.57. The number of aliphatic hydroxyl groups excluding tert-OH is 1. The van der Waals surface area contributed by atoms with E-state index in [1.807, 2.05) is 13.8 Å². The van der Waals surface area contributed by atoms with Gasteiger partial charge in [0.2, 0.25) is 0 Å². The van der Waals surface area contributed by atoms with E-state index in [0.29, 0.717) is 0 Å². The second-order valence-corrected chi connectivity index (χ2v) is 4.34. The second kappa shape index (κ2) is 6.10. The van der Waals surface area contributed by atoms with Gasteiger partial charge in [0.05, 0.1) is 11.0 Å². The van der Waals surface area contributed by atoms with Gasteiger partial charge in [0.1, 0.15) is 17.6 Å². The van der Waals surface area contributed by atoms with Crippen molar-refractivity contribution in [3.63, 3.8) is 0 Å². The van der Waals surface area contributed by atoms with Crippen molar-refractivity contribution in [3.8, 4) is 0 Å². The molecule has 0 aliphatic heterocycles. The van der Waals surface area contributed by atoms with Crippen molar-refractivity contribution in [1.29, 1.82) is 0 Å². The van der Waals surface area contributed by atoms with Crippen molar-refractivity contribution >= 4 is 17.5 Å². The summed E-state index contributed by atoms with van der Waals surface area (Å²) in [7, 11) is 0. The zero-order valence-electron chi connectivity index (χ0n) is 10.5.